The average Bonchev–Trinajstić information content (AvgIpc) is 2.68. The summed E-state index contributed by atoms with van der Waals surface area (Å²) in [5.41, 5.74) is -0.415. The van der Waals surface area contributed by atoms with E-state index in [4.69, 9.17) is 4.74 Å². The number of thioether (sulfide) groups is 2. The molecule has 0 aromatic rings. The highest BCUT2D eigenvalue weighted by molar-refractivity contribution is 8.21. The molecule has 1 heterocycles. The second kappa shape index (κ2) is 5.53. The Labute approximate surface area is 118 Å². The Kier molecular flexibility index (Phi) is 4.42. The molecule has 3 nitrogen and oxygen atoms in total. The maximum Gasteiger partial charge on any atom is 0.407 e. The van der Waals surface area contributed by atoms with Gasteiger partial charge in [0.2, 0.25) is 0 Å². The summed E-state index contributed by atoms with van der Waals surface area (Å²) in [6.07, 6.45) is 4.53. The first-order chi connectivity index (χ1) is 8.41. The second-order valence-corrected chi connectivity index (χ2v) is 9.06. The number of carbonyl (C=O) groups is 1. The normalized spacial score (nSPS) is 27.2. The van der Waals surface area contributed by atoms with Crippen molar-refractivity contribution in [3.63, 3.8) is 0 Å². The maximum atomic E-state index is 11.9. The van der Waals surface area contributed by atoms with Gasteiger partial charge >= 0.3 is 6.09 Å². The summed E-state index contributed by atoms with van der Waals surface area (Å²) in [6.45, 7) is 5.72. The highest BCUT2D eigenvalue weighted by Gasteiger charge is 2.45. The first-order valence-electron chi connectivity index (χ1n) is 6.69. The van der Waals surface area contributed by atoms with Gasteiger partial charge in [0.1, 0.15) is 5.60 Å². The Balaban J connectivity index is 1.96. The van der Waals surface area contributed by atoms with Crippen LogP contribution in [0.15, 0.2) is 0 Å². The smallest absolute Gasteiger partial charge is 0.407 e. The lowest BCUT2D eigenvalue weighted by molar-refractivity contribution is 0.0492. The van der Waals surface area contributed by atoms with Gasteiger partial charge in [-0.05, 0) is 33.6 Å². The van der Waals surface area contributed by atoms with Crippen LogP contribution in [0.3, 0.4) is 0 Å². The van der Waals surface area contributed by atoms with Crippen molar-refractivity contribution in [1.29, 1.82) is 0 Å². The van der Waals surface area contributed by atoms with Crippen molar-refractivity contribution < 1.29 is 9.53 Å². The minimum absolute atomic E-state index is 0.217. The van der Waals surface area contributed by atoms with Gasteiger partial charge in [0.25, 0.3) is 0 Å². The zero-order valence-corrected chi connectivity index (χ0v) is 13.1. The van der Waals surface area contributed by atoms with Gasteiger partial charge in [-0.15, -0.1) is 23.5 Å². The lowest BCUT2D eigenvalue weighted by Crippen LogP contribution is -2.50. The van der Waals surface area contributed by atoms with Crippen molar-refractivity contribution in [3.8, 4) is 0 Å². The minimum Gasteiger partial charge on any atom is -0.444 e. The molecule has 2 rings (SSSR count). The Morgan fingerprint density at radius 2 is 1.94 bits per heavy atom. The molecule has 1 N–H and O–H groups in total. The largest absolute Gasteiger partial charge is 0.444 e. The van der Waals surface area contributed by atoms with Gasteiger partial charge in [-0.25, -0.2) is 4.79 Å². The molecule has 1 atom stereocenters. The van der Waals surface area contributed by atoms with Crippen molar-refractivity contribution in [1.82, 2.24) is 5.32 Å². The van der Waals surface area contributed by atoms with E-state index in [-0.39, 0.29) is 16.2 Å². The Morgan fingerprint density at radius 3 is 2.56 bits per heavy atom. The quantitative estimate of drug-likeness (QED) is 0.800. The van der Waals surface area contributed by atoms with Gasteiger partial charge in [0.15, 0.2) is 0 Å². The van der Waals surface area contributed by atoms with Crippen LogP contribution >= 0.6 is 23.5 Å². The molecule has 1 aliphatic heterocycles. The molecule has 1 amide bonds. The summed E-state index contributed by atoms with van der Waals surface area (Å²) in [7, 11) is 0. The van der Waals surface area contributed by atoms with Crippen LogP contribution < -0.4 is 5.32 Å². The molecule has 2 fully saturated rings. The van der Waals surface area contributed by atoms with E-state index in [2.05, 4.69) is 5.32 Å². The molecule has 18 heavy (non-hydrogen) atoms. The Bertz CT molecular complexity index is 309. The van der Waals surface area contributed by atoms with Gasteiger partial charge in [0.05, 0.1) is 10.1 Å². The fourth-order valence-corrected chi connectivity index (χ4v) is 6.09. The SMILES string of the molecule is CC(C)(C)OC(=O)NC1CCCCC12SCCS2. The third-order valence-electron chi connectivity index (χ3n) is 3.27. The van der Waals surface area contributed by atoms with E-state index in [0.717, 1.165) is 6.42 Å². The number of nitrogens with one attached hydrogen (secondary N) is 1. The molecule has 104 valence electrons. The third kappa shape index (κ3) is 3.50. The second-order valence-electron chi connectivity index (χ2n) is 5.95. The highest BCUT2D eigenvalue weighted by Crippen LogP contribution is 2.52. The third-order valence-corrected chi connectivity index (χ3v) is 7.00. The lowest BCUT2D eigenvalue weighted by Gasteiger charge is -2.40. The molecule has 0 aromatic heterocycles. The fraction of sp³-hybridized carbons (Fsp3) is 0.923. The summed E-state index contributed by atoms with van der Waals surface area (Å²) < 4.78 is 5.59. The van der Waals surface area contributed by atoms with Crippen LogP contribution in [-0.4, -0.2) is 33.3 Å². The van der Waals surface area contributed by atoms with E-state index in [0.29, 0.717) is 0 Å². The van der Waals surface area contributed by atoms with E-state index in [9.17, 15) is 4.79 Å². The number of carbonyl (C=O) groups excluding carboxylic acids is 1. The molecular formula is C13H23NO2S2. The van der Waals surface area contributed by atoms with E-state index in [1.54, 1.807) is 0 Å². The van der Waals surface area contributed by atoms with Crippen LogP contribution in [0.2, 0.25) is 0 Å². The summed E-state index contributed by atoms with van der Waals surface area (Å²) in [5, 5.41) is 3.11. The van der Waals surface area contributed by atoms with Gasteiger partial charge in [-0.3, -0.25) is 0 Å². The molecule has 5 heteroatoms. The summed E-state index contributed by atoms with van der Waals surface area (Å²) in [5.74, 6) is 2.41. The van der Waals surface area contributed by atoms with Crippen molar-refractivity contribution in [2.24, 2.45) is 0 Å². The first-order valence-corrected chi connectivity index (χ1v) is 8.66. The number of hydrogen-bond donors (Lipinski definition) is 1. The molecule has 1 saturated carbocycles. The van der Waals surface area contributed by atoms with E-state index >= 15 is 0 Å². The number of ether oxygens (including phenoxy) is 1. The standard InChI is InChI=1S/C13H23NO2S2/c1-12(2,3)16-11(15)14-10-6-4-5-7-13(10)17-8-9-18-13/h10H,4-9H2,1-3H3,(H,14,15). The van der Waals surface area contributed by atoms with Crippen molar-refractivity contribution >= 4 is 29.6 Å². The number of rotatable bonds is 1. The lowest BCUT2D eigenvalue weighted by atomic mass is 9.94. The van der Waals surface area contributed by atoms with Crippen LogP contribution in [0.5, 0.6) is 0 Å². The van der Waals surface area contributed by atoms with Crippen LogP contribution in [0.1, 0.15) is 46.5 Å². The summed E-state index contributed by atoms with van der Waals surface area (Å²) in [6, 6.07) is 0.263. The predicted octanol–water partition coefficient (Wildman–Crippen LogP) is 3.63. The molecule has 0 radical (unpaired) electrons. The topological polar surface area (TPSA) is 38.3 Å². The van der Waals surface area contributed by atoms with Gasteiger partial charge in [0, 0.05) is 11.5 Å². The van der Waals surface area contributed by atoms with Crippen LogP contribution in [-0.2, 0) is 4.74 Å². The molecule has 1 saturated heterocycles. The Hall–Kier alpha value is -0.0300. The zero-order valence-electron chi connectivity index (χ0n) is 11.5. The molecule has 1 aliphatic carbocycles. The van der Waals surface area contributed by atoms with Crippen LogP contribution in [0.4, 0.5) is 4.79 Å². The predicted molar refractivity (Wildman–Crippen MR) is 79.3 cm³/mol. The van der Waals surface area contributed by atoms with Crippen molar-refractivity contribution in [2.45, 2.75) is 62.2 Å². The summed E-state index contributed by atoms with van der Waals surface area (Å²) in [4.78, 5) is 11.9. The van der Waals surface area contributed by atoms with E-state index in [1.807, 2.05) is 44.3 Å². The first kappa shape index (κ1) is 14.4. The zero-order chi connectivity index (χ0) is 13.2. The molecule has 0 aromatic carbocycles. The van der Waals surface area contributed by atoms with Crippen molar-refractivity contribution in [2.75, 3.05) is 11.5 Å². The van der Waals surface area contributed by atoms with E-state index < -0.39 is 5.60 Å². The molecule has 1 unspecified atom stereocenters. The maximum absolute atomic E-state index is 11.9. The van der Waals surface area contributed by atoms with Gasteiger partial charge in [-0.2, -0.15) is 0 Å². The highest BCUT2D eigenvalue weighted by atomic mass is 32.2. The number of amides is 1. The summed E-state index contributed by atoms with van der Waals surface area (Å²) >= 11 is 4.05. The van der Waals surface area contributed by atoms with Crippen molar-refractivity contribution in [3.05, 3.63) is 0 Å². The molecule has 2 aliphatic rings. The molecule has 0 bridgehead atoms. The number of alkyl carbamates (subject to hydrolysis) is 1. The van der Waals surface area contributed by atoms with Crippen LogP contribution in [0, 0.1) is 0 Å². The van der Waals surface area contributed by atoms with E-state index in [1.165, 1.54) is 30.8 Å². The molecule has 1 spiro atoms. The monoisotopic (exact) mass is 289 g/mol. The Morgan fingerprint density at radius 1 is 1.28 bits per heavy atom. The molecular weight excluding hydrogens is 266 g/mol. The average molecular weight is 289 g/mol. The minimum atomic E-state index is -0.415. The van der Waals surface area contributed by atoms with Gasteiger partial charge < -0.3 is 10.1 Å². The number of hydrogen-bond acceptors (Lipinski definition) is 4. The van der Waals surface area contributed by atoms with Crippen LogP contribution in [0.25, 0.3) is 0 Å². The van der Waals surface area contributed by atoms with Gasteiger partial charge in [-0.1, -0.05) is 12.8 Å². The fourth-order valence-electron chi connectivity index (χ4n) is 2.56.